The highest BCUT2D eigenvalue weighted by Gasteiger charge is 2.40. The second-order valence-electron chi connectivity index (χ2n) is 5.50. The molecule has 0 bridgehead atoms. The van der Waals surface area contributed by atoms with Crippen LogP contribution in [0.1, 0.15) is 19.8 Å². The molecule has 1 saturated carbocycles. The number of benzene rings is 1. The number of nitrogens with one attached hydrogen (secondary N) is 2. The van der Waals surface area contributed by atoms with Gasteiger partial charge in [0.15, 0.2) is 0 Å². The smallest absolute Gasteiger partial charge is 0.313 e. The minimum atomic E-state index is -0.948. The maximum atomic E-state index is 11.7. The molecule has 6 nitrogen and oxygen atoms in total. The van der Waals surface area contributed by atoms with Crippen LogP contribution >= 0.6 is 0 Å². The Bertz CT molecular complexity index is 521. The second kappa shape index (κ2) is 6.13. The molecular formula is C15H20N2O4. The zero-order valence-electron chi connectivity index (χ0n) is 12.2. The number of hydrogen-bond donors (Lipinski definition) is 3. The van der Waals surface area contributed by atoms with Gasteiger partial charge < -0.3 is 20.5 Å². The van der Waals surface area contributed by atoms with Crippen molar-refractivity contribution in [2.75, 3.05) is 19.0 Å². The molecule has 0 aromatic heterocycles. The van der Waals surface area contributed by atoms with Crippen LogP contribution in [-0.4, -0.2) is 36.2 Å². The number of ether oxygens (including phenoxy) is 1. The second-order valence-corrected chi connectivity index (χ2v) is 5.50. The molecule has 2 rings (SSSR count). The van der Waals surface area contributed by atoms with Crippen molar-refractivity contribution in [3.63, 3.8) is 0 Å². The van der Waals surface area contributed by atoms with E-state index in [4.69, 9.17) is 4.74 Å². The number of anilines is 1. The molecular weight excluding hydrogens is 272 g/mol. The summed E-state index contributed by atoms with van der Waals surface area (Å²) in [6.45, 7) is 1.75. The predicted molar refractivity (Wildman–Crippen MR) is 78.0 cm³/mol. The van der Waals surface area contributed by atoms with Crippen molar-refractivity contribution in [2.45, 2.75) is 25.4 Å². The lowest BCUT2D eigenvalue weighted by Gasteiger charge is -2.22. The van der Waals surface area contributed by atoms with Crippen LogP contribution < -0.4 is 15.4 Å². The highest BCUT2D eigenvalue weighted by atomic mass is 16.5. The standard InChI is InChI=1S/C15H20N2O4/c1-15(20,10-3-4-10)9-16-13(18)14(19)17-11-5-7-12(21-2)8-6-11/h5-8,10,20H,3-4,9H2,1-2H3,(H,16,18)(H,17,19)/t15-/m1/s1. The SMILES string of the molecule is COc1ccc(NC(=O)C(=O)NC[C@@](C)(O)C2CC2)cc1. The first-order chi connectivity index (χ1) is 9.92. The van der Waals surface area contributed by atoms with Crippen molar-refractivity contribution in [2.24, 2.45) is 5.92 Å². The van der Waals surface area contributed by atoms with Gasteiger partial charge in [-0.2, -0.15) is 0 Å². The summed E-state index contributed by atoms with van der Waals surface area (Å²) in [7, 11) is 1.55. The van der Waals surface area contributed by atoms with Crippen molar-refractivity contribution in [1.82, 2.24) is 5.32 Å². The Kier molecular flexibility index (Phi) is 4.47. The molecule has 0 aliphatic heterocycles. The Hall–Kier alpha value is -2.08. The Morgan fingerprint density at radius 1 is 1.29 bits per heavy atom. The van der Waals surface area contributed by atoms with E-state index in [9.17, 15) is 14.7 Å². The molecule has 1 aliphatic carbocycles. The highest BCUT2D eigenvalue weighted by Crippen LogP contribution is 2.38. The van der Waals surface area contributed by atoms with Gasteiger partial charge in [0.1, 0.15) is 5.75 Å². The third-order valence-electron chi connectivity index (χ3n) is 3.62. The summed E-state index contributed by atoms with van der Waals surface area (Å²) >= 11 is 0. The van der Waals surface area contributed by atoms with Gasteiger partial charge in [0.05, 0.1) is 12.7 Å². The fraction of sp³-hybridized carbons (Fsp3) is 0.467. The van der Waals surface area contributed by atoms with Crippen LogP contribution in [0, 0.1) is 5.92 Å². The summed E-state index contributed by atoms with van der Waals surface area (Å²) in [6, 6.07) is 6.66. The molecule has 3 N–H and O–H groups in total. The summed E-state index contributed by atoms with van der Waals surface area (Å²) in [4.78, 5) is 23.4. The van der Waals surface area contributed by atoms with Gasteiger partial charge in [0, 0.05) is 12.2 Å². The van der Waals surface area contributed by atoms with E-state index < -0.39 is 17.4 Å². The number of carbonyl (C=O) groups excluding carboxylic acids is 2. The Morgan fingerprint density at radius 3 is 2.43 bits per heavy atom. The van der Waals surface area contributed by atoms with Crippen LogP contribution in [0.15, 0.2) is 24.3 Å². The van der Waals surface area contributed by atoms with Gasteiger partial charge in [-0.05, 0) is 49.9 Å². The molecule has 2 amide bonds. The minimum absolute atomic E-state index is 0.0759. The van der Waals surface area contributed by atoms with Gasteiger partial charge >= 0.3 is 11.8 Å². The predicted octanol–water partition coefficient (Wildman–Crippen LogP) is 0.911. The van der Waals surface area contributed by atoms with Crippen LogP contribution in [0.4, 0.5) is 5.69 Å². The third-order valence-corrected chi connectivity index (χ3v) is 3.62. The molecule has 114 valence electrons. The number of carbonyl (C=O) groups is 2. The summed E-state index contributed by atoms with van der Waals surface area (Å²) in [5.74, 6) is -0.640. The van der Waals surface area contributed by atoms with Crippen LogP contribution in [0.2, 0.25) is 0 Å². The zero-order chi connectivity index (χ0) is 15.5. The molecule has 1 fully saturated rings. The monoisotopic (exact) mass is 292 g/mol. The lowest BCUT2D eigenvalue weighted by molar-refractivity contribution is -0.136. The van der Waals surface area contributed by atoms with E-state index in [1.54, 1.807) is 38.3 Å². The largest absolute Gasteiger partial charge is 0.497 e. The normalized spacial score (nSPS) is 16.7. The van der Waals surface area contributed by atoms with Gasteiger partial charge in [-0.1, -0.05) is 0 Å². The van der Waals surface area contributed by atoms with E-state index in [1.165, 1.54) is 0 Å². The maximum Gasteiger partial charge on any atom is 0.313 e. The molecule has 1 aromatic carbocycles. The maximum absolute atomic E-state index is 11.7. The molecule has 1 atom stereocenters. The molecule has 0 saturated heterocycles. The molecule has 0 unspecified atom stereocenters. The van der Waals surface area contributed by atoms with E-state index in [-0.39, 0.29) is 12.5 Å². The molecule has 21 heavy (non-hydrogen) atoms. The first-order valence-electron chi connectivity index (χ1n) is 6.88. The van der Waals surface area contributed by atoms with Crippen LogP contribution in [-0.2, 0) is 9.59 Å². The lowest BCUT2D eigenvalue weighted by Crippen LogP contribution is -2.45. The van der Waals surface area contributed by atoms with E-state index in [2.05, 4.69) is 10.6 Å². The Labute approximate surface area is 123 Å². The summed E-state index contributed by atoms with van der Waals surface area (Å²) < 4.78 is 5.01. The summed E-state index contributed by atoms with van der Waals surface area (Å²) in [5.41, 5.74) is -0.444. The zero-order valence-corrected chi connectivity index (χ0v) is 12.2. The van der Waals surface area contributed by atoms with Gasteiger partial charge in [-0.15, -0.1) is 0 Å². The first-order valence-corrected chi connectivity index (χ1v) is 6.88. The van der Waals surface area contributed by atoms with Crippen LogP contribution in [0.3, 0.4) is 0 Å². The molecule has 6 heteroatoms. The van der Waals surface area contributed by atoms with E-state index in [0.717, 1.165) is 12.8 Å². The molecule has 1 aromatic rings. The fourth-order valence-corrected chi connectivity index (χ4v) is 2.05. The molecule has 0 spiro atoms. The van der Waals surface area contributed by atoms with Crippen molar-refractivity contribution in [3.05, 3.63) is 24.3 Å². The van der Waals surface area contributed by atoms with Crippen molar-refractivity contribution >= 4 is 17.5 Å². The molecule has 1 aliphatic rings. The van der Waals surface area contributed by atoms with E-state index >= 15 is 0 Å². The minimum Gasteiger partial charge on any atom is -0.497 e. The van der Waals surface area contributed by atoms with Gasteiger partial charge in [0.2, 0.25) is 0 Å². The molecule has 0 heterocycles. The van der Waals surface area contributed by atoms with Crippen LogP contribution in [0.25, 0.3) is 0 Å². The topological polar surface area (TPSA) is 87.7 Å². The third kappa shape index (κ3) is 4.19. The van der Waals surface area contributed by atoms with Crippen molar-refractivity contribution in [1.29, 1.82) is 0 Å². The van der Waals surface area contributed by atoms with E-state index in [0.29, 0.717) is 11.4 Å². The summed E-state index contributed by atoms with van der Waals surface area (Å²) in [6.07, 6.45) is 1.92. The number of methoxy groups -OCH3 is 1. The highest BCUT2D eigenvalue weighted by molar-refractivity contribution is 6.39. The van der Waals surface area contributed by atoms with Crippen molar-refractivity contribution in [3.8, 4) is 5.75 Å². The average Bonchev–Trinajstić information content (AvgIpc) is 3.30. The average molecular weight is 292 g/mol. The number of hydrogen-bond acceptors (Lipinski definition) is 4. The number of aliphatic hydroxyl groups is 1. The van der Waals surface area contributed by atoms with Crippen molar-refractivity contribution < 1.29 is 19.4 Å². The first kappa shape index (κ1) is 15.3. The lowest BCUT2D eigenvalue weighted by atomic mass is 10.0. The summed E-state index contributed by atoms with van der Waals surface area (Å²) in [5, 5.41) is 15.0. The van der Waals surface area contributed by atoms with Gasteiger partial charge in [0.25, 0.3) is 0 Å². The van der Waals surface area contributed by atoms with E-state index in [1.807, 2.05) is 0 Å². The number of rotatable bonds is 5. The Balaban J connectivity index is 1.82. The van der Waals surface area contributed by atoms with Gasteiger partial charge in [-0.25, -0.2) is 0 Å². The number of amides is 2. The fourth-order valence-electron chi connectivity index (χ4n) is 2.05. The van der Waals surface area contributed by atoms with Gasteiger partial charge in [-0.3, -0.25) is 9.59 Å². The quantitative estimate of drug-likeness (QED) is 0.704. The van der Waals surface area contributed by atoms with Crippen LogP contribution in [0.5, 0.6) is 5.75 Å². The molecule has 0 radical (unpaired) electrons. The Morgan fingerprint density at radius 2 is 1.90 bits per heavy atom.